The zero-order valence-corrected chi connectivity index (χ0v) is 24.3. The van der Waals surface area contributed by atoms with Crippen LogP contribution in [0.4, 0.5) is 29.8 Å². The summed E-state index contributed by atoms with van der Waals surface area (Å²) in [5, 5.41) is 18.8. The molecular weight excluding hydrogens is 617 g/mol. The van der Waals surface area contributed by atoms with Gasteiger partial charge in [0.25, 0.3) is 5.91 Å². The molecule has 10 nitrogen and oxygen atoms in total. The topological polar surface area (TPSA) is 122 Å². The number of alkyl halides is 3. The minimum atomic E-state index is -5.08. The lowest BCUT2D eigenvalue weighted by molar-refractivity contribution is -0.192. The van der Waals surface area contributed by atoms with E-state index in [2.05, 4.69) is 54.8 Å². The highest BCUT2D eigenvalue weighted by atomic mass is 79.9. The van der Waals surface area contributed by atoms with E-state index >= 15 is 0 Å². The number of carbonyl (C=O) groups excluding carboxylic acids is 1. The van der Waals surface area contributed by atoms with Crippen LogP contribution in [-0.4, -0.2) is 69.3 Å². The number of carboxylic acids is 1. The van der Waals surface area contributed by atoms with Crippen molar-refractivity contribution in [1.82, 2.24) is 20.1 Å². The van der Waals surface area contributed by atoms with Gasteiger partial charge >= 0.3 is 12.1 Å². The van der Waals surface area contributed by atoms with Crippen molar-refractivity contribution in [2.75, 3.05) is 30.0 Å². The van der Waals surface area contributed by atoms with E-state index in [4.69, 9.17) is 19.6 Å². The summed E-state index contributed by atoms with van der Waals surface area (Å²) in [5.41, 5.74) is 2.85. The van der Waals surface area contributed by atoms with Crippen molar-refractivity contribution in [1.29, 1.82) is 0 Å². The maximum atomic E-state index is 12.6. The minimum Gasteiger partial charge on any atom is -0.475 e. The fourth-order valence-corrected chi connectivity index (χ4v) is 5.92. The average Bonchev–Trinajstić information content (AvgIpc) is 3.42. The molecule has 2 aliphatic heterocycles. The molecule has 2 aromatic heterocycles. The molecule has 1 aromatic carbocycles. The highest BCUT2D eigenvalue weighted by Gasteiger charge is 2.38. The van der Waals surface area contributed by atoms with Crippen molar-refractivity contribution in [2.45, 2.75) is 44.4 Å². The zero-order valence-electron chi connectivity index (χ0n) is 21.9. The largest absolute Gasteiger partial charge is 0.490 e. The fraction of sp³-hybridized carbons (Fsp3) is 0.440. The Morgan fingerprint density at radius 1 is 1.38 bits per heavy atom. The number of aromatic nitrogens is 3. The molecule has 2 aliphatic rings. The summed E-state index contributed by atoms with van der Waals surface area (Å²) in [6.45, 7) is 6.13. The maximum Gasteiger partial charge on any atom is 0.490 e. The van der Waals surface area contributed by atoms with Gasteiger partial charge in [-0.3, -0.25) is 9.48 Å². The van der Waals surface area contributed by atoms with Crippen molar-refractivity contribution in [3.05, 3.63) is 51.1 Å². The Morgan fingerprint density at radius 2 is 2.10 bits per heavy atom. The fourth-order valence-electron chi connectivity index (χ4n) is 4.40. The first-order valence-electron chi connectivity index (χ1n) is 12.2. The van der Waals surface area contributed by atoms with Gasteiger partial charge in [0.2, 0.25) is 0 Å². The summed E-state index contributed by atoms with van der Waals surface area (Å²) in [7, 11) is 1.91. The van der Waals surface area contributed by atoms with Crippen molar-refractivity contribution >= 4 is 55.8 Å². The van der Waals surface area contributed by atoms with Crippen molar-refractivity contribution < 1.29 is 32.6 Å². The van der Waals surface area contributed by atoms with Gasteiger partial charge in [0.15, 0.2) is 5.13 Å². The number of thiazole rings is 1. The van der Waals surface area contributed by atoms with Gasteiger partial charge in [-0.15, -0.1) is 0 Å². The molecule has 0 aliphatic carbocycles. The van der Waals surface area contributed by atoms with Crippen LogP contribution in [0.5, 0.6) is 0 Å². The third kappa shape index (κ3) is 7.12. The lowest BCUT2D eigenvalue weighted by atomic mass is 9.94. The molecule has 1 atom stereocenters. The number of carboxylic acid groups (broad SMARTS) is 1. The zero-order chi connectivity index (χ0) is 29.2. The summed E-state index contributed by atoms with van der Waals surface area (Å²) in [5.74, 6) is -1.87. The van der Waals surface area contributed by atoms with Gasteiger partial charge in [0.05, 0.1) is 35.6 Å². The summed E-state index contributed by atoms with van der Waals surface area (Å²) in [4.78, 5) is 29.4. The molecule has 216 valence electrons. The normalized spacial score (nSPS) is 18.3. The second kappa shape index (κ2) is 11.7. The molecule has 0 radical (unpaired) electrons. The third-order valence-corrected chi connectivity index (χ3v) is 7.94. The molecule has 3 N–H and O–H groups in total. The molecule has 0 saturated carbocycles. The van der Waals surface area contributed by atoms with Crippen molar-refractivity contribution in [2.24, 2.45) is 7.05 Å². The molecule has 15 heteroatoms. The maximum absolute atomic E-state index is 12.6. The Labute approximate surface area is 240 Å². The third-order valence-electron chi connectivity index (χ3n) is 6.22. The Balaban J connectivity index is 0.000000470. The second-order valence-electron chi connectivity index (χ2n) is 10.0. The Hall–Kier alpha value is -3.17. The first kappa shape index (κ1) is 29.8. The average molecular weight is 646 g/mol. The van der Waals surface area contributed by atoms with Crippen LogP contribution in [0, 0.1) is 0 Å². The smallest absolute Gasteiger partial charge is 0.475 e. The number of aryl methyl sites for hydroxylation is 1. The van der Waals surface area contributed by atoms with Gasteiger partial charge in [-0.2, -0.15) is 18.3 Å². The SMILES string of the molecule is Cn1ncc(Br)c1Nc1cccc(CC2COCCN2c2nc3c(s2)C(=O)NC(C)(C)C3)c1.O=C(O)C(F)(F)F. The van der Waals surface area contributed by atoms with Gasteiger partial charge in [-0.1, -0.05) is 23.5 Å². The van der Waals surface area contributed by atoms with Crippen LogP contribution in [0.2, 0.25) is 0 Å². The van der Waals surface area contributed by atoms with E-state index in [0.29, 0.717) is 13.2 Å². The lowest BCUT2D eigenvalue weighted by Crippen LogP contribution is -2.48. The molecule has 0 spiro atoms. The van der Waals surface area contributed by atoms with E-state index in [1.807, 2.05) is 27.0 Å². The summed E-state index contributed by atoms with van der Waals surface area (Å²) < 4.78 is 40.3. The van der Waals surface area contributed by atoms with Gasteiger partial charge in [0.1, 0.15) is 10.7 Å². The second-order valence-corrected chi connectivity index (χ2v) is 11.8. The van der Waals surface area contributed by atoms with Gasteiger partial charge in [0, 0.05) is 31.2 Å². The Kier molecular flexibility index (Phi) is 8.75. The van der Waals surface area contributed by atoms with E-state index in [9.17, 15) is 18.0 Å². The summed E-state index contributed by atoms with van der Waals surface area (Å²) >= 11 is 5.03. The summed E-state index contributed by atoms with van der Waals surface area (Å²) in [6.07, 6.45) is -1.74. The predicted octanol–water partition coefficient (Wildman–Crippen LogP) is 4.53. The van der Waals surface area contributed by atoms with Crippen LogP contribution in [0.15, 0.2) is 34.9 Å². The predicted molar refractivity (Wildman–Crippen MR) is 147 cm³/mol. The number of carbonyl (C=O) groups is 2. The van der Waals surface area contributed by atoms with Crippen LogP contribution in [0.1, 0.15) is 34.8 Å². The van der Waals surface area contributed by atoms with E-state index in [0.717, 1.165) is 51.1 Å². The van der Waals surface area contributed by atoms with E-state index in [1.165, 1.54) is 16.9 Å². The highest BCUT2D eigenvalue weighted by molar-refractivity contribution is 9.10. The van der Waals surface area contributed by atoms with Gasteiger partial charge < -0.3 is 25.4 Å². The van der Waals surface area contributed by atoms with E-state index in [-0.39, 0.29) is 17.5 Å². The van der Waals surface area contributed by atoms with Crippen molar-refractivity contribution in [3.63, 3.8) is 0 Å². The first-order chi connectivity index (χ1) is 18.7. The van der Waals surface area contributed by atoms with Crippen LogP contribution in [0.3, 0.4) is 0 Å². The molecule has 4 heterocycles. The minimum absolute atomic E-state index is 0.0186. The van der Waals surface area contributed by atoms with Crippen molar-refractivity contribution in [3.8, 4) is 0 Å². The molecule has 1 amide bonds. The number of benzene rings is 1. The molecule has 1 saturated heterocycles. The number of halogens is 4. The molecule has 0 bridgehead atoms. The van der Waals surface area contributed by atoms with E-state index < -0.39 is 12.1 Å². The number of rotatable bonds is 5. The molecule has 3 aromatic rings. The number of nitrogens with zero attached hydrogens (tertiary/aromatic N) is 4. The number of aliphatic carboxylic acids is 1. The monoisotopic (exact) mass is 644 g/mol. The molecule has 1 fully saturated rings. The Morgan fingerprint density at radius 3 is 2.75 bits per heavy atom. The molecule has 40 heavy (non-hydrogen) atoms. The molecular formula is C25H28BrF3N6O4S. The lowest BCUT2D eigenvalue weighted by Gasteiger charge is -2.35. The van der Waals surface area contributed by atoms with Crippen LogP contribution >= 0.6 is 27.3 Å². The number of ether oxygens (including phenoxy) is 1. The number of nitrogens with one attached hydrogen (secondary N) is 2. The molecule has 5 rings (SSSR count). The first-order valence-corrected chi connectivity index (χ1v) is 13.8. The number of fused-ring (bicyclic) bond motifs is 1. The number of morpholine rings is 1. The van der Waals surface area contributed by atoms with Crippen LogP contribution in [0.25, 0.3) is 0 Å². The Bertz CT molecular complexity index is 1370. The van der Waals surface area contributed by atoms with Gasteiger partial charge in [-0.05, 0) is 53.9 Å². The summed E-state index contributed by atoms with van der Waals surface area (Å²) in [6, 6.07) is 8.56. The standard InChI is InChI=1S/C23H27BrN6O2S.C2HF3O2/c1-23(2)11-18-19(21(31)28-23)33-22(27-18)30-7-8-32-13-16(30)10-14-5-4-6-15(9-14)26-20-17(24)12-25-29(20)3;3-2(4,5)1(6)7/h4-6,9,12,16,26H,7-8,10-11,13H2,1-3H3,(H,28,31);(H,6,7). The number of hydrogen-bond acceptors (Lipinski definition) is 8. The highest BCUT2D eigenvalue weighted by Crippen LogP contribution is 2.34. The number of amides is 1. The quantitative estimate of drug-likeness (QED) is 0.371. The van der Waals surface area contributed by atoms with Crippen LogP contribution < -0.4 is 15.5 Å². The number of anilines is 3. The van der Waals surface area contributed by atoms with Crippen LogP contribution in [-0.2, 0) is 29.4 Å². The van der Waals surface area contributed by atoms with Gasteiger partial charge in [-0.25, -0.2) is 9.78 Å². The number of hydrogen-bond donors (Lipinski definition) is 3. The van der Waals surface area contributed by atoms with E-state index in [1.54, 1.807) is 10.9 Å². The molecule has 1 unspecified atom stereocenters.